The number of benzene rings is 2. The van der Waals surface area contributed by atoms with Crippen LogP contribution in [0.4, 0.5) is 0 Å². The van der Waals surface area contributed by atoms with E-state index < -0.39 is 24.4 Å². The van der Waals surface area contributed by atoms with Crippen molar-refractivity contribution in [1.29, 1.82) is 0 Å². The number of rotatable bonds is 5. The van der Waals surface area contributed by atoms with Crippen LogP contribution in [-0.2, 0) is 14.2 Å². The van der Waals surface area contributed by atoms with Crippen LogP contribution in [0.15, 0.2) is 72.1 Å². The summed E-state index contributed by atoms with van der Waals surface area (Å²) < 4.78 is 13.6. The minimum atomic E-state index is -3.76. The Kier molecular flexibility index (Phi) is 4.59. The SMILES string of the molecule is O=C(O)/C=C(\C(=O)O)P(=O)(c1ccccc1)c1ccccc1. The molecule has 0 saturated carbocycles. The first-order valence-corrected chi connectivity index (χ1v) is 8.06. The molecule has 0 saturated heterocycles. The van der Waals surface area contributed by atoms with Gasteiger partial charge < -0.3 is 14.8 Å². The molecule has 0 fully saturated rings. The Labute approximate surface area is 126 Å². The topological polar surface area (TPSA) is 91.7 Å². The molecular weight excluding hydrogens is 303 g/mol. The molecule has 0 aliphatic rings. The maximum Gasteiger partial charge on any atom is 0.340 e. The number of carboxylic acid groups (broad SMARTS) is 2. The van der Waals surface area contributed by atoms with Gasteiger partial charge in [0.25, 0.3) is 0 Å². The zero-order valence-electron chi connectivity index (χ0n) is 11.4. The molecule has 2 N–H and O–H groups in total. The molecule has 22 heavy (non-hydrogen) atoms. The van der Waals surface area contributed by atoms with Crippen LogP contribution in [0.2, 0.25) is 0 Å². The molecule has 5 nitrogen and oxygen atoms in total. The number of hydrogen-bond acceptors (Lipinski definition) is 3. The fraction of sp³-hybridized carbons (Fsp3) is 0. The lowest BCUT2D eigenvalue weighted by Crippen LogP contribution is -2.21. The van der Waals surface area contributed by atoms with Gasteiger partial charge in [-0.2, -0.15) is 0 Å². The van der Waals surface area contributed by atoms with Crippen LogP contribution in [0, 0.1) is 0 Å². The number of hydrogen-bond donors (Lipinski definition) is 2. The zero-order chi connectivity index (χ0) is 16.2. The molecule has 0 amide bonds. The van der Waals surface area contributed by atoms with Gasteiger partial charge in [0, 0.05) is 16.7 Å². The van der Waals surface area contributed by atoms with E-state index in [1.807, 2.05) is 0 Å². The molecule has 0 unspecified atom stereocenters. The minimum absolute atomic E-state index is 0.274. The van der Waals surface area contributed by atoms with E-state index >= 15 is 0 Å². The summed E-state index contributed by atoms with van der Waals surface area (Å²) in [4.78, 5) is 22.5. The number of carboxylic acids is 2. The first kappa shape index (κ1) is 15.7. The van der Waals surface area contributed by atoms with E-state index in [9.17, 15) is 19.3 Å². The summed E-state index contributed by atoms with van der Waals surface area (Å²) in [6.07, 6.45) is 0.503. The van der Waals surface area contributed by atoms with Gasteiger partial charge in [-0.05, 0) is 0 Å². The van der Waals surface area contributed by atoms with Crippen molar-refractivity contribution in [3.05, 3.63) is 72.1 Å². The Morgan fingerprint density at radius 2 is 1.23 bits per heavy atom. The van der Waals surface area contributed by atoms with Crippen molar-refractivity contribution < 1.29 is 24.4 Å². The van der Waals surface area contributed by atoms with Gasteiger partial charge in [0.05, 0.1) is 0 Å². The van der Waals surface area contributed by atoms with Crippen molar-refractivity contribution in [1.82, 2.24) is 0 Å². The van der Waals surface area contributed by atoms with Crippen LogP contribution in [0.3, 0.4) is 0 Å². The second kappa shape index (κ2) is 6.41. The second-order valence-electron chi connectivity index (χ2n) is 4.45. The monoisotopic (exact) mass is 316 g/mol. The van der Waals surface area contributed by atoms with Gasteiger partial charge in [-0.15, -0.1) is 0 Å². The van der Waals surface area contributed by atoms with E-state index in [0.29, 0.717) is 6.08 Å². The Hall–Kier alpha value is -2.65. The highest BCUT2D eigenvalue weighted by Crippen LogP contribution is 2.51. The summed E-state index contributed by atoms with van der Waals surface area (Å²) in [5, 5.41) is 18.2. The predicted molar refractivity (Wildman–Crippen MR) is 83.1 cm³/mol. The third kappa shape index (κ3) is 3.00. The molecule has 0 atom stereocenters. The van der Waals surface area contributed by atoms with Crippen LogP contribution in [-0.4, -0.2) is 22.2 Å². The van der Waals surface area contributed by atoms with Crippen LogP contribution in [0.1, 0.15) is 0 Å². The smallest absolute Gasteiger partial charge is 0.340 e. The fourth-order valence-electron chi connectivity index (χ4n) is 2.11. The molecule has 0 bridgehead atoms. The van der Waals surface area contributed by atoms with Crippen LogP contribution in [0.5, 0.6) is 0 Å². The Bertz CT molecular complexity index is 722. The molecule has 2 rings (SSSR count). The van der Waals surface area contributed by atoms with Gasteiger partial charge >= 0.3 is 11.9 Å². The third-order valence-corrected chi connectivity index (χ3v) is 6.11. The predicted octanol–water partition coefficient (Wildman–Crippen LogP) is 2.05. The van der Waals surface area contributed by atoms with Gasteiger partial charge in [-0.25, -0.2) is 9.59 Å². The van der Waals surface area contributed by atoms with Crippen LogP contribution >= 0.6 is 7.14 Å². The maximum absolute atomic E-state index is 13.6. The molecule has 6 heteroatoms. The molecule has 0 spiro atoms. The summed E-state index contributed by atoms with van der Waals surface area (Å²) >= 11 is 0. The lowest BCUT2D eigenvalue weighted by atomic mass is 10.4. The largest absolute Gasteiger partial charge is 0.478 e. The van der Waals surface area contributed by atoms with E-state index in [1.54, 1.807) is 36.4 Å². The van der Waals surface area contributed by atoms with E-state index in [-0.39, 0.29) is 10.6 Å². The van der Waals surface area contributed by atoms with Gasteiger partial charge in [0.15, 0.2) is 7.14 Å². The lowest BCUT2D eigenvalue weighted by Gasteiger charge is -2.19. The van der Waals surface area contributed by atoms with Crippen molar-refractivity contribution in [3.8, 4) is 0 Å². The molecule has 0 aliphatic carbocycles. The van der Waals surface area contributed by atoms with Crippen molar-refractivity contribution in [2.75, 3.05) is 0 Å². The van der Waals surface area contributed by atoms with Gasteiger partial charge in [0.1, 0.15) is 5.31 Å². The summed E-state index contributed by atoms with van der Waals surface area (Å²) in [7, 11) is -3.76. The summed E-state index contributed by atoms with van der Waals surface area (Å²) in [5.41, 5.74) is 0. The first-order chi connectivity index (χ1) is 10.5. The standard InChI is InChI=1S/C16H13O5P/c17-15(18)11-14(16(19)20)22(21,12-7-3-1-4-8-12)13-9-5-2-6-10-13/h1-11H,(H,17,18)(H,19,20)/b14-11+. The van der Waals surface area contributed by atoms with Crippen molar-refractivity contribution in [3.63, 3.8) is 0 Å². The Balaban J connectivity index is 2.79. The summed E-state index contributed by atoms with van der Waals surface area (Å²) in [5.74, 6) is -2.97. The number of aliphatic carboxylic acids is 2. The molecule has 0 aromatic heterocycles. The Morgan fingerprint density at radius 1 is 0.818 bits per heavy atom. The Morgan fingerprint density at radius 3 is 1.55 bits per heavy atom. The maximum atomic E-state index is 13.6. The normalized spacial score (nSPS) is 11.9. The lowest BCUT2D eigenvalue weighted by molar-refractivity contribution is -0.134. The summed E-state index contributed by atoms with van der Waals surface area (Å²) in [6.45, 7) is 0. The highest BCUT2D eigenvalue weighted by Gasteiger charge is 2.36. The molecule has 0 radical (unpaired) electrons. The summed E-state index contributed by atoms with van der Waals surface area (Å²) in [6, 6.07) is 16.1. The van der Waals surface area contributed by atoms with E-state index in [1.165, 1.54) is 24.3 Å². The van der Waals surface area contributed by atoms with Crippen LogP contribution < -0.4 is 10.6 Å². The molecule has 112 valence electrons. The quantitative estimate of drug-likeness (QED) is 0.651. The van der Waals surface area contributed by atoms with E-state index in [0.717, 1.165) is 0 Å². The zero-order valence-corrected chi connectivity index (χ0v) is 12.3. The van der Waals surface area contributed by atoms with Gasteiger partial charge in [-0.3, -0.25) is 0 Å². The molecule has 2 aromatic carbocycles. The second-order valence-corrected chi connectivity index (χ2v) is 7.19. The molecule has 0 aliphatic heterocycles. The third-order valence-electron chi connectivity index (χ3n) is 3.06. The van der Waals surface area contributed by atoms with Gasteiger partial charge in [-0.1, -0.05) is 60.7 Å². The highest BCUT2D eigenvalue weighted by atomic mass is 31.2. The van der Waals surface area contributed by atoms with Crippen molar-refractivity contribution in [2.45, 2.75) is 0 Å². The average molecular weight is 316 g/mol. The molecule has 0 heterocycles. The molecular formula is C16H13O5P. The van der Waals surface area contributed by atoms with E-state index in [2.05, 4.69) is 0 Å². The first-order valence-electron chi connectivity index (χ1n) is 6.36. The fourth-order valence-corrected chi connectivity index (χ4v) is 4.71. The highest BCUT2D eigenvalue weighted by molar-refractivity contribution is 7.83. The average Bonchev–Trinajstić information content (AvgIpc) is 2.53. The minimum Gasteiger partial charge on any atom is -0.478 e. The van der Waals surface area contributed by atoms with Gasteiger partial charge in [0.2, 0.25) is 0 Å². The van der Waals surface area contributed by atoms with E-state index in [4.69, 9.17) is 5.11 Å². The van der Waals surface area contributed by atoms with Crippen molar-refractivity contribution in [2.24, 2.45) is 0 Å². The van der Waals surface area contributed by atoms with Crippen molar-refractivity contribution >= 4 is 29.7 Å². The van der Waals surface area contributed by atoms with Crippen LogP contribution in [0.25, 0.3) is 0 Å². The molecule has 2 aromatic rings. The number of carbonyl (C=O) groups is 2.